The van der Waals surface area contributed by atoms with Crippen LogP contribution in [-0.2, 0) is 4.84 Å². The zero-order valence-electron chi connectivity index (χ0n) is 8.18. The third kappa shape index (κ3) is 1.97. The molecule has 0 amide bonds. The molecule has 0 unspecified atom stereocenters. The number of rotatable bonds is 2. The van der Waals surface area contributed by atoms with Gasteiger partial charge < -0.3 is 10.6 Å². The summed E-state index contributed by atoms with van der Waals surface area (Å²) in [5.41, 5.74) is 7.91. The first-order valence-electron chi connectivity index (χ1n) is 4.77. The van der Waals surface area contributed by atoms with Gasteiger partial charge in [0.15, 0.2) is 0 Å². The third-order valence-electron chi connectivity index (χ3n) is 2.32. The molecule has 0 bridgehead atoms. The number of oxime groups is 1. The fourth-order valence-corrected chi connectivity index (χ4v) is 1.49. The predicted octanol–water partition coefficient (Wildman–Crippen LogP) is 1.01. The quantitative estimate of drug-likeness (QED) is 0.776. The Bertz CT molecular complexity index is 434. The van der Waals surface area contributed by atoms with Crippen molar-refractivity contribution >= 4 is 5.71 Å². The summed E-state index contributed by atoms with van der Waals surface area (Å²) in [4.78, 5) is 5.12. The van der Waals surface area contributed by atoms with Crippen LogP contribution in [0.2, 0.25) is 0 Å². The number of benzene rings is 1. The van der Waals surface area contributed by atoms with E-state index in [0.29, 0.717) is 18.5 Å². The van der Waals surface area contributed by atoms with Crippen LogP contribution in [0.3, 0.4) is 0 Å². The molecule has 0 aromatic heterocycles. The molecule has 1 aromatic carbocycles. The van der Waals surface area contributed by atoms with E-state index < -0.39 is 0 Å². The smallest absolute Gasteiger partial charge is 0.145 e. The van der Waals surface area contributed by atoms with Crippen molar-refractivity contribution in [2.75, 3.05) is 6.54 Å². The Labute approximate surface area is 87.9 Å². The Hall–Kier alpha value is -1.86. The second-order valence-corrected chi connectivity index (χ2v) is 3.40. The molecule has 0 saturated heterocycles. The molecule has 0 saturated carbocycles. The average Bonchev–Trinajstić information content (AvgIpc) is 2.78. The fourth-order valence-electron chi connectivity index (χ4n) is 1.49. The van der Waals surface area contributed by atoms with Crippen LogP contribution in [0, 0.1) is 11.3 Å². The summed E-state index contributed by atoms with van der Waals surface area (Å²) in [6.07, 6.45) is 0.691. The third-order valence-corrected chi connectivity index (χ3v) is 2.32. The van der Waals surface area contributed by atoms with Gasteiger partial charge in [-0.3, -0.25) is 0 Å². The molecule has 0 fully saturated rings. The first-order chi connectivity index (χ1) is 7.33. The van der Waals surface area contributed by atoms with Gasteiger partial charge in [-0.25, -0.2) is 0 Å². The molecule has 1 aromatic rings. The van der Waals surface area contributed by atoms with Crippen LogP contribution < -0.4 is 5.73 Å². The van der Waals surface area contributed by atoms with E-state index in [-0.39, 0.29) is 6.10 Å². The lowest BCUT2D eigenvalue weighted by Gasteiger charge is -2.02. The highest BCUT2D eigenvalue weighted by molar-refractivity contribution is 6.01. The van der Waals surface area contributed by atoms with Crippen molar-refractivity contribution in [1.82, 2.24) is 0 Å². The zero-order chi connectivity index (χ0) is 10.7. The summed E-state index contributed by atoms with van der Waals surface area (Å²) in [6, 6.07) is 9.42. The molecule has 4 nitrogen and oxygen atoms in total. The van der Waals surface area contributed by atoms with Gasteiger partial charge in [0.1, 0.15) is 6.10 Å². The van der Waals surface area contributed by atoms with Crippen molar-refractivity contribution in [2.45, 2.75) is 12.5 Å². The summed E-state index contributed by atoms with van der Waals surface area (Å²) in [6.45, 7) is 0.463. The second-order valence-electron chi connectivity index (χ2n) is 3.40. The van der Waals surface area contributed by atoms with E-state index in [2.05, 4.69) is 11.2 Å². The lowest BCUT2D eigenvalue weighted by atomic mass is 10.0. The maximum Gasteiger partial charge on any atom is 0.145 e. The fraction of sp³-hybridized carbons (Fsp3) is 0.273. The van der Waals surface area contributed by atoms with E-state index in [1.807, 2.05) is 12.1 Å². The van der Waals surface area contributed by atoms with Crippen molar-refractivity contribution in [3.8, 4) is 6.07 Å². The Balaban J connectivity index is 2.21. The molecule has 1 atom stereocenters. The molecule has 76 valence electrons. The number of hydrogen-bond donors (Lipinski definition) is 1. The highest BCUT2D eigenvalue weighted by atomic mass is 16.6. The standard InChI is InChI=1S/C11H11N3O/c12-6-8-2-1-3-9(4-8)11-5-10(7-13)15-14-11/h1-4,10H,5,7,13H2/t10-/m0/s1. The minimum absolute atomic E-state index is 0.0225. The van der Waals surface area contributed by atoms with E-state index in [9.17, 15) is 0 Å². The normalized spacial score (nSPS) is 19.2. The van der Waals surface area contributed by atoms with Crippen molar-refractivity contribution in [1.29, 1.82) is 5.26 Å². The Kier molecular flexibility index (Phi) is 2.66. The largest absolute Gasteiger partial charge is 0.390 e. The lowest BCUT2D eigenvalue weighted by Crippen LogP contribution is -2.20. The van der Waals surface area contributed by atoms with Crippen molar-refractivity contribution < 1.29 is 4.84 Å². The molecule has 0 radical (unpaired) electrons. The van der Waals surface area contributed by atoms with Crippen molar-refractivity contribution in [3.63, 3.8) is 0 Å². The maximum atomic E-state index is 8.76. The van der Waals surface area contributed by atoms with Gasteiger partial charge in [-0.15, -0.1) is 0 Å². The number of nitriles is 1. The van der Waals surface area contributed by atoms with Crippen LogP contribution in [0.15, 0.2) is 29.4 Å². The van der Waals surface area contributed by atoms with Gasteiger partial charge in [-0.2, -0.15) is 5.26 Å². The van der Waals surface area contributed by atoms with Crippen LogP contribution >= 0.6 is 0 Å². The Morgan fingerprint density at radius 2 is 2.47 bits per heavy atom. The van der Waals surface area contributed by atoms with Gasteiger partial charge in [0.2, 0.25) is 0 Å². The molecule has 2 rings (SSSR count). The molecule has 0 spiro atoms. The highest BCUT2D eigenvalue weighted by Gasteiger charge is 2.20. The van der Waals surface area contributed by atoms with Crippen LogP contribution in [0.4, 0.5) is 0 Å². The molecule has 1 heterocycles. The molecule has 1 aliphatic rings. The first kappa shape index (κ1) is 9.69. The second kappa shape index (κ2) is 4.11. The molecule has 1 aliphatic heterocycles. The van der Waals surface area contributed by atoms with Crippen molar-refractivity contribution in [3.05, 3.63) is 35.4 Å². The SMILES string of the molecule is N#Cc1cccc(C2=NO[C@H](CN)C2)c1. The van der Waals surface area contributed by atoms with Gasteiger partial charge in [0.25, 0.3) is 0 Å². The number of nitrogens with two attached hydrogens (primary N) is 1. The summed E-state index contributed by atoms with van der Waals surface area (Å²) in [5, 5.41) is 12.7. The zero-order valence-corrected chi connectivity index (χ0v) is 8.18. The summed E-state index contributed by atoms with van der Waals surface area (Å²) in [7, 11) is 0. The van der Waals surface area contributed by atoms with Crippen LogP contribution in [0.5, 0.6) is 0 Å². The monoisotopic (exact) mass is 201 g/mol. The molecule has 4 heteroatoms. The first-order valence-corrected chi connectivity index (χ1v) is 4.77. The maximum absolute atomic E-state index is 8.76. The van der Waals surface area contributed by atoms with Gasteiger partial charge in [0.05, 0.1) is 17.3 Å². The van der Waals surface area contributed by atoms with Gasteiger partial charge in [-0.1, -0.05) is 17.3 Å². The topological polar surface area (TPSA) is 71.4 Å². The molecule has 15 heavy (non-hydrogen) atoms. The lowest BCUT2D eigenvalue weighted by molar-refractivity contribution is 0.0918. The van der Waals surface area contributed by atoms with Crippen LogP contribution in [0.25, 0.3) is 0 Å². The van der Waals surface area contributed by atoms with E-state index in [0.717, 1.165) is 11.3 Å². The average molecular weight is 201 g/mol. The van der Waals surface area contributed by atoms with E-state index in [4.69, 9.17) is 15.8 Å². The van der Waals surface area contributed by atoms with Gasteiger partial charge in [0, 0.05) is 18.5 Å². The summed E-state index contributed by atoms with van der Waals surface area (Å²) < 4.78 is 0. The number of nitrogens with zero attached hydrogens (tertiary/aromatic N) is 2. The van der Waals surface area contributed by atoms with E-state index in [1.165, 1.54) is 0 Å². The van der Waals surface area contributed by atoms with E-state index in [1.54, 1.807) is 12.1 Å². The minimum Gasteiger partial charge on any atom is -0.390 e. The van der Waals surface area contributed by atoms with Gasteiger partial charge >= 0.3 is 0 Å². The van der Waals surface area contributed by atoms with E-state index >= 15 is 0 Å². The van der Waals surface area contributed by atoms with Gasteiger partial charge in [-0.05, 0) is 12.1 Å². The molecular weight excluding hydrogens is 190 g/mol. The Morgan fingerprint density at radius 1 is 1.60 bits per heavy atom. The molecule has 0 aliphatic carbocycles. The molecular formula is C11H11N3O. The highest BCUT2D eigenvalue weighted by Crippen LogP contribution is 2.16. The van der Waals surface area contributed by atoms with Crippen LogP contribution in [-0.4, -0.2) is 18.4 Å². The minimum atomic E-state index is -0.0225. The predicted molar refractivity (Wildman–Crippen MR) is 56.2 cm³/mol. The summed E-state index contributed by atoms with van der Waals surface area (Å²) >= 11 is 0. The Morgan fingerprint density at radius 3 is 3.13 bits per heavy atom. The van der Waals surface area contributed by atoms with Crippen molar-refractivity contribution in [2.24, 2.45) is 10.9 Å². The number of hydrogen-bond acceptors (Lipinski definition) is 4. The molecule has 2 N–H and O–H groups in total. The van der Waals surface area contributed by atoms with Crippen LogP contribution in [0.1, 0.15) is 17.5 Å². The summed E-state index contributed by atoms with van der Waals surface area (Å²) in [5.74, 6) is 0.